The largest absolute Gasteiger partial charge is 0.507 e. The molecule has 0 bridgehead atoms. The number of rotatable bonds is 4. The van der Waals surface area contributed by atoms with Gasteiger partial charge in [0.2, 0.25) is 5.43 Å². The van der Waals surface area contributed by atoms with Gasteiger partial charge in [-0.3, -0.25) is 14.6 Å². The monoisotopic (exact) mass is 445 g/mol. The van der Waals surface area contributed by atoms with Crippen molar-refractivity contribution in [3.63, 3.8) is 0 Å². The Bertz CT molecular complexity index is 1440. The van der Waals surface area contributed by atoms with E-state index in [0.717, 1.165) is 5.56 Å². The van der Waals surface area contributed by atoms with Crippen LogP contribution >= 0.6 is 0 Å². The molecule has 0 fully saturated rings. The van der Waals surface area contributed by atoms with Crippen LogP contribution in [0.2, 0.25) is 0 Å². The zero-order valence-electron chi connectivity index (χ0n) is 17.8. The molecule has 33 heavy (non-hydrogen) atoms. The van der Waals surface area contributed by atoms with Crippen LogP contribution in [-0.4, -0.2) is 30.3 Å². The smallest absolute Gasteiger partial charge is 0.312 e. The highest BCUT2D eigenvalue weighted by Gasteiger charge is 2.33. The summed E-state index contributed by atoms with van der Waals surface area (Å²) in [5.41, 5.74) is 1.81. The number of benzene rings is 2. The number of esters is 1. The van der Waals surface area contributed by atoms with Gasteiger partial charge in [-0.25, -0.2) is 0 Å². The molecule has 0 aliphatic carbocycles. The van der Waals surface area contributed by atoms with Crippen LogP contribution < -0.4 is 19.6 Å². The number of hydrogen-bond donors (Lipinski definition) is 1. The number of aromatic hydroxyl groups is 1. The number of phenolic OH excluding ortho intramolecular Hbond substituents is 1. The normalized spacial score (nSPS) is 15.1. The van der Waals surface area contributed by atoms with E-state index in [-0.39, 0.29) is 34.5 Å². The number of fused-ring (bicyclic) bond motifs is 3. The number of pyridine rings is 1. The number of aromatic nitrogens is 1. The summed E-state index contributed by atoms with van der Waals surface area (Å²) in [5.74, 6) is -0.0868. The number of phenols is 1. The molecular weight excluding hydrogens is 426 g/mol. The van der Waals surface area contributed by atoms with Crippen LogP contribution in [0.5, 0.6) is 23.0 Å². The molecule has 8 heteroatoms. The van der Waals surface area contributed by atoms with Crippen LogP contribution in [0, 0.1) is 0 Å². The lowest BCUT2D eigenvalue weighted by molar-refractivity contribution is -0.135. The average Bonchev–Trinajstić information content (AvgIpc) is 2.83. The Morgan fingerprint density at radius 1 is 1.09 bits per heavy atom. The van der Waals surface area contributed by atoms with Crippen LogP contribution in [0.1, 0.15) is 23.5 Å². The molecule has 0 unspecified atom stereocenters. The molecule has 1 N–H and O–H groups in total. The maximum Gasteiger partial charge on any atom is 0.312 e. The van der Waals surface area contributed by atoms with Gasteiger partial charge in [0.1, 0.15) is 28.7 Å². The van der Waals surface area contributed by atoms with Crippen molar-refractivity contribution in [2.75, 3.05) is 14.2 Å². The van der Waals surface area contributed by atoms with E-state index in [9.17, 15) is 14.7 Å². The second-order valence-corrected chi connectivity index (χ2v) is 7.58. The van der Waals surface area contributed by atoms with Gasteiger partial charge in [0, 0.05) is 29.9 Å². The molecule has 0 spiro atoms. The Labute approximate surface area is 188 Å². The van der Waals surface area contributed by atoms with Crippen molar-refractivity contribution >= 4 is 16.9 Å². The second-order valence-electron chi connectivity index (χ2n) is 7.58. The van der Waals surface area contributed by atoms with E-state index < -0.39 is 17.3 Å². The van der Waals surface area contributed by atoms with E-state index in [1.54, 1.807) is 36.7 Å². The van der Waals surface area contributed by atoms with Crippen molar-refractivity contribution < 1.29 is 28.5 Å². The van der Waals surface area contributed by atoms with Gasteiger partial charge in [-0.05, 0) is 29.3 Å². The van der Waals surface area contributed by atoms with Crippen LogP contribution in [0.3, 0.4) is 0 Å². The van der Waals surface area contributed by atoms with Crippen molar-refractivity contribution in [3.05, 3.63) is 76.4 Å². The molecular formula is C25H19NO7. The molecule has 8 nitrogen and oxygen atoms in total. The summed E-state index contributed by atoms with van der Waals surface area (Å²) in [6.07, 6.45) is 4.68. The molecule has 2 aromatic carbocycles. The summed E-state index contributed by atoms with van der Waals surface area (Å²) in [6.45, 7) is 0. The molecule has 0 radical (unpaired) electrons. The molecule has 0 saturated carbocycles. The predicted molar refractivity (Wildman–Crippen MR) is 119 cm³/mol. The van der Waals surface area contributed by atoms with Crippen molar-refractivity contribution in [2.24, 2.45) is 0 Å². The Kier molecular flexibility index (Phi) is 4.97. The van der Waals surface area contributed by atoms with Crippen LogP contribution in [-0.2, 0) is 4.79 Å². The average molecular weight is 445 g/mol. The first kappa shape index (κ1) is 20.6. The topological polar surface area (TPSA) is 108 Å². The molecule has 4 aromatic rings. The van der Waals surface area contributed by atoms with E-state index in [1.165, 1.54) is 26.5 Å². The fraction of sp³-hybridized carbons (Fsp3) is 0.160. The number of carbonyl (C=O) groups excluding carboxylic acids is 1. The van der Waals surface area contributed by atoms with Crippen molar-refractivity contribution in [3.8, 4) is 34.1 Å². The Morgan fingerprint density at radius 3 is 2.64 bits per heavy atom. The molecule has 0 saturated heterocycles. The third-order valence-corrected chi connectivity index (χ3v) is 5.75. The molecule has 1 aliphatic rings. The number of methoxy groups -OCH3 is 2. The minimum Gasteiger partial charge on any atom is -0.507 e. The predicted octanol–water partition coefficient (Wildman–Crippen LogP) is 4.02. The second kappa shape index (κ2) is 7.98. The summed E-state index contributed by atoms with van der Waals surface area (Å²) in [4.78, 5) is 29.9. The van der Waals surface area contributed by atoms with E-state index in [2.05, 4.69) is 4.98 Å². The quantitative estimate of drug-likeness (QED) is 0.371. The maximum atomic E-state index is 13.5. The molecule has 1 atom stereocenters. The highest BCUT2D eigenvalue weighted by molar-refractivity contribution is 5.94. The Morgan fingerprint density at radius 2 is 1.91 bits per heavy atom. The van der Waals surface area contributed by atoms with Gasteiger partial charge < -0.3 is 23.7 Å². The van der Waals surface area contributed by atoms with E-state index in [4.69, 9.17) is 18.6 Å². The van der Waals surface area contributed by atoms with Gasteiger partial charge in [0.05, 0.1) is 26.2 Å². The molecule has 166 valence electrons. The number of nitrogens with zero attached hydrogens (tertiary/aromatic N) is 1. The lowest BCUT2D eigenvalue weighted by Crippen LogP contribution is -2.22. The SMILES string of the molecule is COc1ccc(-c2coc3c4c(cc(O)c3c2=O)OC(=O)C[C@@H]4c2cccnc2)cc1OC. The van der Waals surface area contributed by atoms with Crippen LogP contribution in [0.15, 0.2) is 64.3 Å². The van der Waals surface area contributed by atoms with Crippen molar-refractivity contribution in [1.29, 1.82) is 0 Å². The van der Waals surface area contributed by atoms with E-state index >= 15 is 0 Å². The van der Waals surface area contributed by atoms with Crippen LogP contribution in [0.4, 0.5) is 0 Å². The van der Waals surface area contributed by atoms with E-state index in [1.807, 2.05) is 6.07 Å². The lowest BCUT2D eigenvalue weighted by atomic mass is 9.85. The lowest BCUT2D eigenvalue weighted by Gasteiger charge is -2.25. The van der Waals surface area contributed by atoms with Gasteiger partial charge in [-0.1, -0.05) is 12.1 Å². The molecule has 3 heterocycles. The zero-order valence-corrected chi connectivity index (χ0v) is 17.8. The third kappa shape index (κ3) is 3.36. The molecule has 2 aromatic heterocycles. The zero-order chi connectivity index (χ0) is 23.1. The Balaban J connectivity index is 1.75. The minimum absolute atomic E-state index is 0.00729. The first-order valence-electron chi connectivity index (χ1n) is 10.2. The third-order valence-electron chi connectivity index (χ3n) is 5.75. The summed E-state index contributed by atoms with van der Waals surface area (Å²) < 4.78 is 21.9. The summed E-state index contributed by atoms with van der Waals surface area (Å²) in [7, 11) is 3.02. The first-order chi connectivity index (χ1) is 16.0. The first-order valence-corrected chi connectivity index (χ1v) is 10.2. The minimum atomic E-state index is -0.445. The highest BCUT2D eigenvalue weighted by atomic mass is 16.5. The van der Waals surface area contributed by atoms with Gasteiger partial charge in [0.25, 0.3) is 0 Å². The van der Waals surface area contributed by atoms with Gasteiger partial charge in [-0.2, -0.15) is 0 Å². The fourth-order valence-corrected chi connectivity index (χ4v) is 4.20. The summed E-state index contributed by atoms with van der Waals surface area (Å²) >= 11 is 0. The van der Waals surface area contributed by atoms with Crippen molar-refractivity contribution in [2.45, 2.75) is 12.3 Å². The summed E-state index contributed by atoms with van der Waals surface area (Å²) in [5, 5.41) is 10.7. The van der Waals surface area contributed by atoms with Gasteiger partial charge >= 0.3 is 5.97 Å². The van der Waals surface area contributed by atoms with Gasteiger partial charge in [-0.15, -0.1) is 0 Å². The number of carbonyl (C=O) groups is 1. The highest BCUT2D eigenvalue weighted by Crippen LogP contribution is 2.45. The standard InChI is InChI=1S/C25H19NO7/c1-30-18-6-5-13(8-19(18)31-2)16-12-32-25-22-15(14-4-3-7-26-11-14)9-21(28)33-20(22)10-17(27)23(25)24(16)29/h3-8,10-12,15,27H,9H2,1-2H3/t15-/m1/s1. The maximum absolute atomic E-state index is 13.5. The van der Waals surface area contributed by atoms with Crippen molar-refractivity contribution in [1.82, 2.24) is 4.98 Å². The molecule has 1 aliphatic heterocycles. The molecule has 5 rings (SSSR count). The Hall–Kier alpha value is -4.33. The van der Waals surface area contributed by atoms with E-state index in [0.29, 0.717) is 22.6 Å². The summed E-state index contributed by atoms with van der Waals surface area (Å²) in [6, 6.07) is 9.94. The van der Waals surface area contributed by atoms with Gasteiger partial charge in [0.15, 0.2) is 11.5 Å². The van der Waals surface area contributed by atoms with Crippen LogP contribution in [0.25, 0.3) is 22.1 Å². The number of hydrogen-bond acceptors (Lipinski definition) is 8. The number of ether oxygens (including phenoxy) is 3. The molecule has 0 amide bonds. The fourth-order valence-electron chi connectivity index (χ4n) is 4.20.